The number of nitrogens with zero attached hydrogens (tertiary/aromatic N) is 2. The summed E-state index contributed by atoms with van der Waals surface area (Å²) < 4.78 is 18.7. The van der Waals surface area contributed by atoms with E-state index >= 15 is 0 Å². The van der Waals surface area contributed by atoms with Crippen molar-refractivity contribution in [3.05, 3.63) is 35.6 Å². The van der Waals surface area contributed by atoms with Crippen LogP contribution in [0.3, 0.4) is 0 Å². The molecule has 0 saturated heterocycles. The van der Waals surface area contributed by atoms with Crippen LogP contribution in [0.25, 0.3) is 0 Å². The van der Waals surface area contributed by atoms with Gasteiger partial charge < -0.3 is 15.4 Å². The Bertz CT molecular complexity index is 714. The average Bonchev–Trinajstić information content (AvgIpc) is 3.21. The highest BCUT2D eigenvalue weighted by Gasteiger charge is 2.55. The third-order valence-corrected chi connectivity index (χ3v) is 4.47. The van der Waals surface area contributed by atoms with Gasteiger partial charge in [-0.3, -0.25) is 4.79 Å². The van der Waals surface area contributed by atoms with Crippen molar-refractivity contribution in [3.8, 4) is 0 Å². The number of amidine groups is 1. The molecule has 2 aliphatic rings. The zero-order valence-corrected chi connectivity index (χ0v) is 14.0. The van der Waals surface area contributed by atoms with Crippen molar-refractivity contribution in [2.75, 3.05) is 18.5 Å². The van der Waals surface area contributed by atoms with E-state index in [1.165, 1.54) is 12.1 Å². The van der Waals surface area contributed by atoms with Crippen LogP contribution >= 0.6 is 0 Å². The van der Waals surface area contributed by atoms with E-state index in [-0.39, 0.29) is 17.2 Å². The van der Waals surface area contributed by atoms with Crippen LogP contribution in [0.4, 0.5) is 10.2 Å². The van der Waals surface area contributed by atoms with Gasteiger partial charge in [-0.1, -0.05) is 6.92 Å². The van der Waals surface area contributed by atoms with E-state index in [1.807, 2.05) is 20.8 Å². The zero-order chi connectivity index (χ0) is 17.3. The van der Waals surface area contributed by atoms with E-state index in [0.717, 1.165) is 29.9 Å². The van der Waals surface area contributed by atoms with Crippen LogP contribution in [0.15, 0.2) is 34.8 Å². The summed E-state index contributed by atoms with van der Waals surface area (Å²) in [7, 11) is 0. The van der Waals surface area contributed by atoms with Crippen molar-refractivity contribution in [2.24, 2.45) is 16.3 Å². The number of allylic oxidation sites excluding steroid dienone is 1. The first kappa shape index (κ1) is 16.4. The molecule has 0 spiro atoms. The molecular weight excluding hydrogens is 311 g/mol. The Morgan fingerprint density at radius 1 is 1.50 bits per heavy atom. The van der Waals surface area contributed by atoms with Gasteiger partial charge in [0.05, 0.1) is 30.9 Å². The number of pyridine rings is 1. The fourth-order valence-electron chi connectivity index (χ4n) is 2.74. The van der Waals surface area contributed by atoms with Gasteiger partial charge in [-0.15, -0.1) is 0 Å². The molecule has 128 valence electrons. The zero-order valence-electron chi connectivity index (χ0n) is 14.0. The van der Waals surface area contributed by atoms with Crippen molar-refractivity contribution in [3.63, 3.8) is 0 Å². The second-order valence-electron chi connectivity index (χ2n) is 6.61. The first-order valence-electron chi connectivity index (χ1n) is 7.91. The minimum absolute atomic E-state index is 0.110. The maximum atomic E-state index is 12.8. The number of ether oxygens (including phenoxy) is 1. The third kappa shape index (κ3) is 3.55. The van der Waals surface area contributed by atoms with Crippen molar-refractivity contribution >= 4 is 17.6 Å². The van der Waals surface area contributed by atoms with Crippen molar-refractivity contribution in [1.29, 1.82) is 0 Å². The highest BCUT2D eigenvalue weighted by molar-refractivity contribution is 5.94. The lowest BCUT2D eigenvalue weighted by Gasteiger charge is -2.20. The smallest absolute Gasteiger partial charge is 0.229 e. The van der Waals surface area contributed by atoms with Crippen LogP contribution in [0.2, 0.25) is 0 Å². The van der Waals surface area contributed by atoms with Gasteiger partial charge >= 0.3 is 0 Å². The molecule has 1 fully saturated rings. The second-order valence-corrected chi connectivity index (χ2v) is 6.61. The summed E-state index contributed by atoms with van der Waals surface area (Å²) in [6, 6.07) is 2.72. The van der Waals surface area contributed by atoms with Gasteiger partial charge in [0, 0.05) is 11.3 Å². The molecular formula is C17H21FN4O2. The number of nitrogens with one attached hydrogen (secondary N) is 2. The number of hydrogen-bond donors (Lipinski definition) is 2. The predicted octanol–water partition coefficient (Wildman–Crippen LogP) is 2.46. The van der Waals surface area contributed by atoms with Gasteiger partial charge in [0.2, 0.25) is 5.91 Å². The van der Waals surface area contributed by atoms with Crippen LogP contribution in [0.1, 0.15) is 27.2 Å². The van der Waals surface area contributed by atoms with Crippen molar-refractivity contribution < 1.29 is 13.9 Å². The molecule has 0 bridgehead atoms. The SMILES string of the molecule is CC1=NC(C)=C(OCC2(C)C[C@H]2C(=O)Nc2ccc(F)cn2)CN1. The number of carbonyl (C=O) groups excluding carboxylic acids is 1. The number of aliphatic imine (C=N–C) groups is 1. The molecule has 3 rings (SSSR count). The monoisotopic (exact) mass is 332 g/mol. The maximum Gasteiger partial charge on any atom is 0.229 e. The van der Waals surface area contributed by atoms with Gasteiger partial charge in [0.25, 0.3) is 0 Å². The van der Waals surface area contributed by atoms with Gasteiger partial charge in [-0.2, -0.15) is 0 Å². The Labute approximate surface area is 140 Å². The van der Waals surface area contributed by atoms with Gasteiger partial charge in [-0.25, -0.2) is 14.4 Å². The third-order valence-electron chi connectivity index (χ3n) is 4.47. The molecule has 6 nitrogen and oxygen atoms in total. The average molecular weight is 332 g/mol. The van der Waals surface area contributed by atoms with E-state index in [0.29, 0.717) is 19.0 Å². The lowest BCUT2D eigenvalue weighted by Crippen LogP contribution is -2.29. The van der Waals surface area contributed by atoms with E-state index in [2.05, 4.69) is 20.6 Å². The van der Waals surface area contributed by atoms with Gasteiger partial charge in [-0.05, 0) is 32.4 Å². The largest absolute Gasteiger partial charge is 0.494 e. The molecule has 2 N–H and O–H groups in total. The molecule has 1 aromatic rings. The second kappa shape index (κ2) is 6.22. The molecule has 1 aliphatic carbocycles. The van der Waals surface area contributed by atoms with Gasteiger partial charge in [0.1, 0.15) is 17.4 Å². The predicted molar refractivity (Wildman–Crippen MR) is 88.8 cm³/mol. The van der Waals surface area contributed by atoms with Crippen LogP contribution in [-0.4, -0.2) is 29.9 Å². The molecule has 1 unspecified atom stereocenters. The van der Waals surface area contributed by atoms with E-state index in [4.69, 9.17) is 4.74 Å². The fraction of sp³-hybridized carbons (Fsp3) is 0.471. The first-order valence-corrected chi connectivity index (χ1v) is 7.91. The molecule has 2 heterocycles. The van der Waals surface area contributed by atoms with Crippen LogP contribution < -0.4 is 10.6 Å². The molecule has 0 aromatic carbocycles. The Morgan fingerprint density at radius 3 is 2.96 bits per heavy atom. The number of aromatic nitrogens is 1. The molecule has 7 heteroatoms. The van der Waals surface area contributed by atoms with E-state index in [9.17, 15) is 9.18 Å². The summed E-state index contributed by atoms with van der Waals surface area (Å²) in [5.74, 6) is 1.37. The summed E-state index contributed by atoms with van der Waals surface area (Å²) in [6.45, 7) is 6.93. The number of amides is 1. The van der Waals surface area contributed by atoms with Crippen molar-refractivity contribution in [2.45, 2.75) is 27.2 Å². The standard InChI is InChI=1S/C17H21FN4O2/c1-10-14(8-19-11(2)21-10)24-9-17(3)6-13(17)16(23)22-15-5-4-12(18)7-20-15/h4-5,7,13H,6,8-9H2,1-3H3,(H,19,21)(H,20,22,23)/t13-,17?/m0/s1. The summed E-state index contributed by atoms with van der Waals surface area (Å²) in [5, 5.41) is 5.86. The quantitative estimate of drug-likeness (QED) is 0.868. The van der Waals surface area contributed by atoms with Gasteiger partial charge in [0.15, 0.2) is 0 Å². The van der Waals surface area contributed by atoms with Crippen LogP contribution in [0, 0.1) is 17.2 Å². The highest BCUT2D eigenvalue weighted by atomic mass is 19.1. The summed E-state index contributed by atoms with van der Waals surface area (Å²) in [5.41, 5.74) is 0.667. The molecule has 1 amide bonds. The Hall–Kier alpha value is -2.44. The Morgan fingerprint density at radius 2 is 2.29 bits per heavy atom. The normalized spacial score (nSPS) is 25.7. The molecule has 1 aromatic heterocycles. The van der Waals surface area contributed by atoms with Crippen LogP contribution in [0.5, 0.6) is 0 Å². The number of rotatable bonds is 5. The number of anilines is 1. The lowest BCUT2D eigenvalue weighted by molar-refractivity contribution is -0.118. The Kier molecular flexibility index (Phi) is 4.26. The maximum absolute atomic E-state index is 12.8. The first-order chi connectivity index (χ1) is 11.4. The number of halogens is 1. The minimum atomic E-state index is -0.430. The molecule has 2 atom stereocenters. The van der Waals surface area contributed by atoms with Crippen molar-refractivity contribution in [1.82, 2.24) is 10.3 Å². The van der Waals surface area contributed by atoms with Crippen LogP contribution in [-0.2, 0) is 9.53 Å². The van der Waals surface area contributed by atoms with E-state index < -0.39 is 5.82 Å². The highest BCUT2D eigenvalue weighted by Crippen LogP contribution is 2.53. The fourth-order valence-corrected chi connectivity index (χ4v) is 2.74. The number of hydrogen-bond acceptors (Lipinski definition) is 5. The number of carbonyl (C=O) groups is 1. The molecule has 24 heavy (non-hydrogen) atoms. The van der Waals surface area contributed by atoms with E-state index in [1.54, 1.807) is 0 Å². The summed E-state index contributed by atoms with van der Waals surface area (Å²) in [4.78, 5) is 20.5. The molecule has 0 radical (unpaired) electrons. The lowest BCUT2D eigenvalue weighted by atomic mass is 10.1. The summed E-state index contributed by atoms with van der Waals surface area (Å²) in [6.07, 6.45) is 1.83. The topological polar surface area (TPSA) is 75.6 Å². The minimum Gasteiger partial charge on any atom is -0.494 e. The molecule has 1 aliphatic heterocycles. The Balaban J connectivity index is 1.54. The molecule has 1 saturated carbocycles. The summed E-state index contributed by atoms with van der Waals surface area (Å²) >= 11 is 0.